The molecule has 0 N–H and O–H groups in total. The van der Waals surface area contributed by atoms with Crippen LogP contribution in [0.25, 0.3) is 38.8 Å². The second-order valence-electron chi connectivity index (χ2n) is 21.5. The molecule has 9 rings (SSSR count). The van der Waals surface area contributed by atoms with Gasteiger partial charge in [0.25, 0.3) is 0 Å². The van der Waals surface area contributed by atoms with Crippen LogP contribution >= 0.6 is 0 Å². The summed E-state index contributed by atoms with van der Waals surface area (Å²) in [6, 6.07) is 51.5. The van der Waals surface area contributed by atoms with E-state index in [4.69, 9.17) is 9.72 Å². The Morgan fingerprint density at radius 2 is 1.23 bits per heavy atom. The van der Waals surface area contributed by atoms with Crippen molar-refractivity contribution in [3.63, 3.8) is 0 Å². The van der Waals surface area contributed by atoms with Gasteiger partial charge in [-0.15, -0.1) is 53.6 Å². The first kappa shape index (κ1) is 46.9. The van der Waals surface area contributed by atoms with Crippen molar-refractivity contribution in [3.05, 3.63) is 174 Å². The SMILES string of the molecule is CC(C)c1cccc(C(C)C)c1-c1ccnc(-n2c3[c-]c(Oc4[c-]c(N5[CH-]N(c6cccc(C(C)(C)C)c6)c6ccc(C(C)(C)C)cc65)cc(C(C)(C)C)c4)ccc3c3ccccc32)c1.[Pt]. The summed E-state index contributed by atoms with van der Waals surface area (Å²) in [5.41, 5.74) is 14.9. The third-order valence-corrected chi connectivity index (χ3v) is 13.0. The average Bonchev–Trinajstić information content (AvgIpc) is 3.81. The number of aromatic nitrogens is 2. The monoisotopic (exact) mass is 1050 g/mol. The molecule has 1 aliphatic heterocycles. The van der Waals surface area contributed by atoms with E-state index in [9.17, 15) is 0 Å². The molecule has 2 aromatic heterocycles. The van der Waals surface area contributed by atoms with Crippen molar-refractivity contribution in [2.75, 3.05) is 9.80 Å². The minimum atomic E-state index is -0.168. The molecule has 8 aromatic rings. The zero-order valence-corrected chi connectivity index (χ0v) is 43.1. The van der Waals surface area contributed by atoms with E-state index in [0.29, 0.717) is 23.3 Å². The second-order valence-corrected chi connectivity index (χ2v) is 21.5. The van der Waals surface area contributed by atoms with Crippen LogP contribution < -0.4 is 14.5 Å². The zero-order valence-electron chi connectivity index (χ0n) is 40.9. The van der Waals surface area contributed by atoms with Crippen molar-refractivity contribution >= 4 is 44.6 Å². The maximum Gasteiger partial charge on any atom is 0.136 e. The van der Waals surface area contributed by atoms with E-state index in [2.05, 4.69) is 238 Å². The number of rotatable bonds is 8. The molecule has 0 aliphatic carbocycles. The summed E-state index contributed by atoms with van der Waals surface area (Å²) in [5.74, 6) is 2.83. The fourth-order valence-corrected chi connectivity index (χ4v) is 9.16. The molecule has 0 spiro atoms. The number of anilines is 4. The molecule has 1 aliphatic rings. The van der Waals surface area contributed by atoms with Gasteiger partial charge in [0.05, 0.1) is 0 Å². The van der Waals surface area contributed by atoms with Crippen LogP contribution in [0, 0.1) is 18.8 Å². The first-order valence-electron chi connectivity index (χ1n) is 23.3. The number of hydrogen-bond acceptors (Lipinski definition) is 4. The molecule has 0 bridgehead atoms. The van der Waals surface area contributed by atoms with Crippen molar-refractivity contribution in [1.29, 1.82) is 0 Å². The van der Waals surface area contributed by atoms with Crippen LogP contribution in [0.3, 0.4) is 0 Å². The largest absolute Gasteiger partial charge is 0.509 e. The van der Waals surface area contributed by atoms with E-state index < -0.39 is 0 Å². The minimum absolute atomic E-state index is 0. The number of fused-ring (bicyclic) bond motifs is 4. The fourth-order valence-electron chi connectivity index (χ4n) is 9.16. The van der Waals surface area contributed by atoms with Crippen LogP contribution in [0.5, 0.6) is 11.5 Å². The number of ether oxygens (including phenoxy) is 1. The molecule has 0 saturated carbocycles. The van der Waals surface area contributed by atoms with Crippen molar-refractivity contribution in [2.24, 2.45) is 0 Å². The standard InChI is InChI=1S/C60H63N4O.Pt/c1-38(2)48-21-17-22-49(39(3)4)57(48)40-28-29-61-56(30-40)64-52-23-15-14-20-50(52)51-26-25-46(36-54(51)64)65-47-33-43(60(11,12)13)32-45(35-47)63-37-62(44-19-16-18-41(31-44)58(5,6)7)53-27-24-42(34-55(53)63)59(8,9)10;/h14-34,37-39H,1-13H3;/q-3;. The van der Waals surface area contributed by atoms with Gasteiger partial charge in [-0.25, -0.2) is 4.98 Å². The van der Waals surface area contributed by atoms with Crippen LogP contribution in [0.4, 0.5) is 22.7 Å². The Morgan fingerprint density at radius 1 is 0.561 bits per heavy atom. The Hall–Kier alpha value is -5.64. The second kappa shape index (κ2) is 17.5. The molecule has 0 atom stereocenters. The first-order chi connectivity index (χ1) is 30.8. The van der Waals surface area contributed by atoms with Crippen LogP contribution in [0.2, 0.25) is 0 Å². The summed E-state index contributed by atoms with van der Waals surface area (Å²) >= 11 is 0. The predicted octanol–water partition coefficient (Wildman–Crippen LogP) is 16.8. The smallest absolute Gasteiger partial charge is 0.136 e. The zero-order chi connectivity index (χ0) is 46.2. The Labute approximate surface area is 408 Å². The molecule has 66 heavy (non-hydrogen) atoms. The van der Waals surface area contributed by atoms with Gasteiger partial charge < -0.3 is 19.1 Å². The van der Waals surface area contributed by atoms with Crippen LogP contribution in [0.15, 0.2) is 128 Å². The number of hydrogen-bond donors (Lipinski definition) is 0. The molecule has 0 unspecified atom stereocenters. The molecule has 0 amide bonds. The quantitative estimate of drug-likeness (QED) is 0.142. The van der Waals surface area contributed by atoms with Gasteiger partial charge in [-0.1, -0.05) is 150 Å². The molecule has 0 saturated heterocycles. The van der Waals surface area contributed by atoms with Gasteiger partial charge >= 0.3 is 0 Å². The van der Waals surface area contributed by atoms with Gasteiger partial charge in [0.15, 0.2) is 0 Å². The van der Waals surface area contributed by atoms with E-state index in [1.165, 1.54) is 27.8 Å². The van der Waals surface area contributed by atoms with E-state index in [1.807, 2.05) is 12.3 Å². The maximum atomic E-state index is 6.92. The van der Waals surface area contributed by atoms with Crippen LogP contribution in [-0.4, -0.2) is 9.55 Å². The third-order valence-electron chi connectivity index (χ3n) is 13.0. The molecule has 0 fully saturated rings. The van der Waals surface area contributed by atoms with Gasteiger partial charge in [-0.2, -0.15) is 6.07 Å². The van der Waals surface area contributed by atoms with Crippen LogP contribution in [0.1, 0.15) is 130 Å². The Bertz CT molecular complexity index is 3060. The van der Waals surface area contributed by atoms with Crippen molar-refractivity contribution in [1.82, 2.24) is 9.55 Å². The summed E-state index contributed by atoms with van der Waals surface area (Å²) in [6.45, 7) is 31.7. The van der Waals surface area contributed by atoms with Gasteiger partial charge in [-0.3, -0.25) is 0 Å². The summed E-state index contributed by atoms with van der Waals surface area (Å²) in [5, 5.41) is 2.23. The van der Waals surface area contributed by atoms with E-state index in [0.717, 1.165) is 61.5 Å². The minimum Gasteiger partial charge on any atom is -0.509 e. The summed E-state index contributed by atoms with van der Waals surface area (Å²) in [6.07, 6.45) is 1.95. The molecule has 6 aromatic carbocycles. The number of pyridine rings is 1. The number of benzene rings is 6. The fraction of sp³-hybridized carbons (Fsp3) is 0.300. The predicted molar refractivity (Wildman–Crippen MR) is 274 cm³/mol. The molecule has 0 radical (unpaired) electrons. The van der Waals surface area contributed by atoms with E-state index in [1.54, 1.807) is 0 Å². The molecule has 342 valence electrons. The van der Waals surface area contributed by atoms with Crippen molar-refractivity contribution in [3.8, 4) is 28.4 Å². The maximum absolute atomic E-state index is 6.92. The van der Waals surface area contributed by atoms with E-state index >= 15 is 0 Å². The topological polar surface area (TPSA) is 33.5 Å². The van der Waals surface area contributed by atoms with Gasteiger partial charge in [-0.05, 0) is 109 Å². The molecule has 6 heteroatoms. The Morgan fingerprint density at radius 3 is 1.91 bits per heavy atom. The molecule has 5 nitrogen and oxygen atoms in total. The van der Waals surface area contributed by atoms with Gasteiger partial charge in [0.2, 0.25) is 0 Å². The Balaban J connectivity index is 0.00000592. The number of para-hydroxylation sites is 1. The molecule has 3 heterocycles. The Kier molecular flexibility index (Phi) is 12.5. The molecular formula is C60H63N4OPt-3. The summed E-state index contributed by atoms with van der Waals surface area (Å²) in [4.78, 5) is 9.62. The normalized spacial score (nSPS) is 13.3. The van der Waals surface area contributed by atoms with Gasteiger partial charge in [0, 0.05) is 61.3 Å². The summed E-state index contributed by atoms with van der Waals surface area (Å²) < 4.78 is 9.16. The third kappa shape index (κ3) is 8.84. The molecular weight excluding hydrogens is 988 g/mol. The first-order valence-corrected chi connectivity index (χ1v) is 23.3. The van der Waals surface area contributed by atoms with E-state index in [-0.39, 0.29) is 37.3 Å². The van der Waals surface area contributed by atoms with Crippen molar-refractivity contribution < 1.29 is 25.8 Å². The van der Waals surface area contributed by atoms with Crippen LogP contribution in [-0.2, 0) is 37.3 Å². The van der Waals surface area contributed by atoms with Gasteiger partial charge in [0.1, 0.15) is 5.82 Å². The summed E-state index contributed by atoms with van der Waals surface area (Å²) in [7, 11) is 0. The average molecular weight is 1050 g/mol. The van der Waals surface area contributed by atoms with Crippen molar-refractivity contribution in [2.45, 2.75) is 118 Å². The number of nitrogens with zero attached hydrogens (tertiary/aromatic N) is 4.